The van der Waals surface area contributed by atoms with Crippen molar-refractivity contribution in [3.05, 3.63) is 96.9 Å². The second-order valence-corrected chi connectivity index (χ2v) is 13.1. The Labute approximate surface area is 271 Å². The Balaban J connectivity index is 1.58. The molecule has 1 aromatic heterocycles. The van der Waals surface area contributed by atoms with Gasteiger partial charge < -0.3 is 24.4 Å². The van der Waals surface area contributed by atoms with Crippen LogP contribution in [-0.2, 0) is 30.0 Å². The zero-order valence-electron chi connectivity index (χ0n) is 25.5. The third-order valence-electron chi connectivity index (χ3n) is 10.5. The smallest absolute Gasteiger partial charge is 0.342 e. The fourth-order valence-corrected chi connectivity index (χ4v) is 9.24. The number of cyclic esters (lactones) is 1. The molecule has 238 valence electrons. The number of hydrogen-bond donors (Lipinski definition) is 2. The van der Waals surface area contributed by atoms with Crippen molar-refractivity contribution in [3.63, 3.8) is 0 Å². The van der Waals surface area contributed by atoms with Crippen LogP contribution in [0.25, 0.3) is 16.5 Å². The van der Waals surface area contributed by atoms with E-state index in [0.717, 1.165) is 0 Å². The van der Waals surface area contributed by atoms with E-state index in [9.17, 15) is 29.4 Å². The van der Waals surface area contributed by atoms with Crippen LogP contribution in [0.3, 0.4) is 0 Å². The van der Waals surface area contributed by atoms with Crippen molar-refractivity contribution in [1.29, 1.82) is 0 Å². The summed E-state index contributed by atoms with van der Waals surface area (Å²) >= 11 is 6.26. The topological polar surface area (TPSA) is 158 Å². The predicted octanol–water partition coefficient (Wildman–Crippen LogP) is 4.19. The molecule has 3 aromatic carbocycles. The van der Waals surface area contributed by atoms with Crippen molar-refractivity contribution in [1.82, 2.24) is 4.57 Å². The summed E-state index contributed by atoms with van der Waals surface area (Å²) in [5, 5.41) is 22.6. The molecule has 1 spiro atoms. The molecule has 0 saturated heterocycles. The number of ketones is 2. The first-order valence-corrected chi connectivity index (χ1v) is 15.2. The monoisotopic (exact) mass is 655 g/mol. The number of benzene rings is 3. The van der Waals surface area contributed by atoms with Crippen LogP contribution >= 0.6 is 11.6 Å². The minimum Gasteiger partial charge on any atom is -0.507 e. The average Bonchev–Trinajstić information content (AvgIpc) is 3.19. The van der Waals surface area contributed by atoms with E-state index in [4.69, 9.17) is 25.8 Å². The molecule has 2 bridgehead atoms. The van der Waals surface area contributed by atoms with Crippen LogP contribution in [0.2, 0.25) is 5.02 Å². The summed E-state index contributed by atoms with van der Waals surface area (Å²) in [6, 6.07) is 9.08. The van der Waals surface area contributed by atoms with E-state index in [2.05, 4.69) is 0 Å². The van der Waals surface area contributed by atoms with Gasteiger partial charge in [-0.15, -0.1) is 0 Å². The molecule has 11 nitrogen and oxygen atoms in total. The summed E-state index contributed by atoms with van der Waals surface area (Å²) in [5.74, 6) is -6.37. The number of pyridine rings is 1. The van der Waals surface area contributed by atoms with Gasteiger partial charge in [-0.3, -0.25) is 23.7 Å². The number of carbonyl (C=O) groups is 4. The quantitative estimate of drug-likeness (QED) is 0.307. The molecule has 5 atom stereocenters. The highest BCUT2D eigenvalue weighted by Crippen LogP contribution is 2.70. The number of nitrogens with zero attached hydrogens (tertiary/aromatic N) is 1. The summed E-state index contributed by atoms with van der Waals surface area (Å²) in [5.41, 5.74) is -2.92. The van der Waals surface area contributed by atoms with E-state index in [1.165, 1.54) is 43.0 Å². The molecule has 0 amide bonds. The van der Waals surface area contributed by atoms with Crippen molar-refractivity contribution in [2.24, 2.45) is 11.8 Å². The van der Waals surface area contributed by atoms with Gasteiger partial charge >= 0.3 is 11.9 Å². The number of ether oxygens (including phenoxy) is 3. The summed E-state index contributed by atoms with van der Waals surface area (Å²) in [6.45, 7) is 3.96. The number of halogens is 1. The van der Waals surface area contributed by atoms with Crippen LogP contribution in [0.1, 0.15) is 60.3 Å². The normalized spacial score (nSPS) is 26.6. The van der Waals surface area contributed by atoms with Crippen LogP contribution in [0, 0.1) is 25.7 Å². The maximum atomic E-state index is 15.3. The van der Waals surface area contributed by atoms with Crippen LogP contribution in [0.15, 0.2) is 47.4 Å². The summed E-state index contributed by atoms with van der Waals surface area (Å²) < 4.78 is 19.2. The minimum atomic E-state index is -1.87. The van der Waals surface area contributed by atoms with Gasteiger partial charge in [0.25, 0.3) is 5.56 Å². The molecule has 0 unspecified atom stereocenters. The van der Waals surface area contributed by atoms with Gasteiger partial charge in [0.15, 0.2) is 11.6 Å². The Hall–Kier alpha value is -5.00. The molecule has 2 N–H and O–H groups in total. The lowest BCUT2D eigenvalue weighted by Crippen LogP contribution is -2.57. The first-order valence-electron chi connectivity index (χ1n) is 14.8. The number of methoxy groups -OCH3 is 1. The summed E-state index contributed by atoms with van der Waals surface area (Å²) in [4.78, 5) is 70.4. The van der Waals surface area contributed by atoms with Gasteiger partial charge in [-0.2, -0.15) is 0 Å². The molecular weight excluding hydrogens is 630 g/mol. The van der Waals surface area contributed by atoms with E-state index in [0.29, 0.717) is 27.4 Å². The minimum absolute atomic E-state index is 0.0269. The lowest BCUT2D eigenvalue weighted by Gasteiger charge is -2.47. The van der Waals surface area contributed by atoms with Crippen molar-refractivity contribution < 1.29 is 43.6 Å². The standard InChI is InChI=1S/C35H26ClNO10/c1-13-8-20(40)24-26-21(13)29(42)27-31(47-15(3)38)34(26,12-46-33(24)44)30-28(41)18-11-37(17-7-5-6-16(36)10-17)32(43)23-19(39)9-14(2)25(22(18)23)35(27,30)45-4/h5-11,27,30-31,39-40H,12H2,1-4H3/t27-,30+,31-,34-,35+/m0/s1. The van der Waals surface area contributed by atoms with Gasteiger partial charge in [0.1, 0.15) is 35.4 Å². The second-order valence-electron chi connectivity index (χ2n) is 12.7. The van der Waals surface area contributed by atoms with Crippen LogP contribution < -0.4 is 5.56 Å². The van der Waals surface area contributed by atoms with E-state index in [1.807, 2.05) is 0 Å². The number of Topliss-reactive ketones (excluding diaryl/α,β-unsaturated/α-hetero) is 2. The third kappa shape index (κ3) is 3.27. The van der Waals surface area contributed by atoms with Gasteiger partial charge in [0.2, 0.25) is 0 Å². The highest BCUT2D eigenvalue weighted by Gasteiger charge is 2.80. The van der Waals surface area contributed by atoms with Crippen molar-refractivity contribution >= 4 is 45.9 Å². The van der Waals surface area contributed by atoms with Gasteiger partial charge in [-0.25, -0.2) is 4.79 Å². The van der Waals surface area contributed by atoms with E-state index < -0.39 is 70.4 Å². The molecule has 2 heterocycles. The molecule has 1 saturated carbocycles. The Morgan fingerprint density at radius 2 is 1.70 bits per heavy atom. The Kier molecular flexibility index (Phi) is 5.82. The maximum Gasteiger partial charge on any atom is 0.342 e. The molecular formula is C35H26ClNO10. The SMILES string of the molecule is CO[C@@]12c3c(C)cc(O)c4c(=O)n(-c5cccc(Cl)c5)cc(c34)C(=O)[C@@H]1[C@]13COC(=O)c4c(O)cc(C)c(c41)C(=O)[C@H]2[C@@H]3OC(C)=O. The lowest BCUT2D eigenvalue weighted by molar-refractivity contribution is -0.154. The molecule has 3 aliphatic carbocycles. The Bertz CT molecular complexity index is 2270. The number of aromatic hydroxyl groups is 2. The van der Waals surface area contributed by atoms with E-state index in [-0.39, 0.29) is 38.8 Å². The number of aromatic nitrogens is 1. The maximum absolute atomic E-state index is 15.3. The van der Waals surface area contributed by atoms with Gasteiger partial charge in [0.05, 0.1) is 28.3 Å². The summed E-state index contributed by atoms with van der Waals surface area (Å²) in [7, 11) is 1.33. The molecule has 1 fully saturated rings. The zero-order valence-corrected chi connectivity index (χ0v) is 26.2. The Morgan fingerprint density at radius 1 is 0.979 bits per heavy atom. The zero-order chi connectivity index (χ0) is 33.5. The number of carbonyl (C=O) groups excluding carboxylic acids is 4. The number of phenolic OH excluding ortho intramolecular Hbond substituents is 2. The molecule has 0 radical (unpaired) electrons. The fraction of sp³-hybridized carbons (Fsp3) is 0.286. The van der Waals surface area contributed by atoms with Crippen LogP contribution in [0.5, 0.6) is 11.5 Å². The molecule has 47 heavy (non-hydrogen) atoms. The van der Waals surface area contributed by atoms with E-state index in [1.54, 1.807) is 32.0 Å². The van der Waals surface area contributed by atoms with Crippen LogP contribution in [0.4, 0.5) is 0 Å². The van der Waals surface area contributed by atoms with Gasteiger partial charge in [-0.05, 0) is 66.4 Å². The number of fused-ring (bicyclic) bond motifs is 4. The Morgan fingerprint density at radius 3 is 2.38 bits per heavy atom. The molecule has 4 aromatic rings. The highest BCUT2D eigenvalue weighted by molar-refractivity contribution is 6.30. The average molecular weight is 656 g/mol. The first-order chi connectivity index (χ1) is 22.3. The van der Waals surface area contributed by atoms with Crippen molar-refractivity contribution in [2.45, 2.75) is 37.9 Å². The fourth-order valence-electron chi connectivity index (χ4n) is 9.06. The second kappa shape index (κ2) is 9.30. The predicted molar refractivity (Wildman–Crippen MR) is 166 cm³/mol. The van der Waals surface area contributed by atoms with Crippen LogP contribution in [-0.4, -0.2) is 58.1 Å². The summed E-state index contributed by atoms with van der Waals surface area (Å²) in [6.07, 6.45) is -0.0154. The molecule has 1 aliphatic heterocycles. The number of phenols is 2. The number of rotatable bonds is 3. The number of esters is 2. The van der Waals surface area contributed by atoms with Crippen molar-refractivity contribution in [3.8, 4) is 17.2 Å². The van der Waals surface area contributed by atoms with Crippen molar-refractivity contribution in [2.75, 3.05) is 13.7 Å². The largest absolute Gasteiger partial charge is 0.507 e. The number of hydrogen-bond acceptors (Lipinski definition) is 10. The van der Waals surface area contributed by atoms with Gasteiger partial charge in [-0.1, -0.05) is 17.7 Å². The number of aryl methyl sites for hydroxylation is 2. The lowest BCUT2D eigenvalue weighted by atomic mass is 9.59. The van der Waals surface area contributed by atoms with Gasteiger partial charge in [0, 0.05) is 41.8 Å². The third-order valence-corrected chi connectivity index (χ3v) is 10.7. The highest BCUT2D eigenvalue weighted by atomic mass is 35.5. The molecule has 4 aliphatic rings. The van der Waals surface area contributed by atoms with E-state index >= 15 is 4.79 Å². The first kappa shape index (κ1) is 29.4. The molecule has 8 rings (SSSR count). The molecule has 12 heteroatoms.